The number of aliphatic hydroxyl groups is 1. The van der Waals surface area contributed by atoms with Gasteiger partial charge in [0.2, 0.25) is 0 Å². The molecule has 0 spiro atoms. The van der Waals surface area contributed by atoms with Crippen molar-refractivity contribution < 1.29 is 5.11 Å². The third-order valence-corrected chi connectivity index (χ3v) is 4.40. The third-order valence-electron chi connectivity index (χ3n) is 3.03. The Morgan fingerprint density at radius 3 is 2.88 bits per heavy atom. The van der Waals surface area contributed by atoms with Gasteiger partial charge in [0.25, 0.3) is 0 Å². The van der Waals surface area contributed by atoms with Gasteiger partial charge in [-0.15, -0.1) is 0 Å². The molecule has 96 valence electrons. The average molecular weight is 246 g/mol. The fourth-order valence-corrected chi connectivity index (χ4v) is 3.06. The van der Waals surface area contributed by atoms with Crippen LogP contribution in [0.15, 0.2) is 0 Å². The lowest BCUT2D eigenvalue weighted by Crippen LogP contribution is -2.39. The van der Waals surface area contributed by atoms with E-state index < -0.39 is 0 Å². The number of rotatable bonds is 5. The molecule has 0 saturated carbocycles. The zero-order valence-corrected chi connectivity index (χ0v) is 11.6. The predicted octanol–water partition coefficient (Wildman–Crippen LogP) is 1.17. The summed E-state index contributed by atoms with van der Waals surface area (Å²) in [6, 6.07) is 0. The number of nitrogens with zero attached hydrogens (tertiary/aromatic N) is 1. The first-order valence-electron chi connectivity index (χ1n) is 6.28. The smallest absolute Gasteiger partial charge is 0.0791 e. The Morgan fingerprint density at radius 1 is 1.44 bits per heavy atom. The summed E-state index contributed by atoms with van der Waals surface area (Å²) in [4.78, 5) is 2.39. The summed E-state index contributed by atoms with van der Waals surface area (Å²) < 4.78 is 0.404. The van der Waals surface area contributed by atoms with Crippen LogP contribution >= 0.6 is 11.8 Å². The van der Waals surface area contributed by atoms with Gasteiger partial charge >= 0.3 is 0 Å². The molecule has 1 unspecified atom stereocenters. The molecule has 1 heterocycles. The van der Waals surface area contributed by atoms with E-state index in [2.05, 4.69) is 42.7 Å². The molecule has 1 aliphatic rings. The molecule has 16 heavy (non-hydrogen) atoms. The second-order valence-corrected chi connectivity index (χ2v) is 6.92. The van der Waals surface area contributed by atoms with Gasteiger partial charge in [-0.3, -0.25) is 4.90 Å². The van der Waals surface area contributed by atoms with Gasteiger partial charge in [0.1, 0.15) is 0 Å². The summed E-state index contributed by atoms with van der Waals surface area (Å²) in [6.07, 6.45) is 0.983. The Bertz CT molecular complexity index is 199. The van der Waals surface area contributed by atoms with Crippen molar-refractivity contribution >= 4 is 11.8 Å². The van der Waals surface area contributed by atoms with Crippen molar-refractivity contribution in [3.05, 3.63) is 0 Å². The lowest BCUT2D eigenvalue weighted by molar-refractivity contribution is 0.114. The van der Waals surface area contributed by atoms with E-state index in [4.69, 9.17) is 0 Å². The number of thioether (sulfide) groups is 1. The van der Waals surface area contributed by atoms with Crippen LogP contribution in [0.1, 0.15) is 27.2 Å². The van der Waals surface area contributed by atoms with Crippen LogP contribution in [0.25, 0.3) is 0 Å². The van der Waals surface area contributed by atoms with Crippen molar-refractivity contribution in [2.75, 3.05) is 38.5 Å². The van der Waals surface area contributed by atoms with Gasteiger partial charge in [-0.25, -0.2) is 0 Å². The lowest BCUT2D eigenvalue weighted by atomic mass is 10.1. The third kappa shape index (κ3) is 5.53. The maximum atomic E-state index is 9.84. The Balaban J connectivity index is 2.26. The van der Waals surface area contributed by atoms with Gasteiger partial charge in [-0.1, -0.05) is 20.8 Å². The molecule has 1 rings (SSSR count). The Kier molecular flexibility index (Phi) is 6.11. The fourth-order valence-electron chi connectivity index (χ4n) is 1.92. The molecule has 0 aliphatic carbocycles. The highest BCUT2D eigenvalue weighted by molar-refractivity contribution is 8.00. The largest absolute Gasteiger partial charge is 0.390 e. The minimum atomic E-state index is -0.230. The number of likely N-dealkylation sites (N-methyl/N-ethyl adjacent to an activating group) is 1. The molecule has 0 aromatic carbocycles. The molecular formula is C12H26N2OS. The SMILES string of the molecule is CCNCC(O)CN1CCSC(C)(C)CC1. The number of β-amino-alcohol motifs (C(OH)–C–C–N with tert-alkyl or cyclic N) is 1. The highest BCUT2D eigenvalue weighted by Crippen LogP contribution is 2.30. The quantitative estimate of drug-likeness (QED) is 0.763. The number of nitrogens with one attached hydrogen (secondary N) is 1. The summed E-state index contributed by atoms with van der Waals surface area (Å²) >= 11 is 2.05. The van der Waals surface area contributed by atoms with Gasteiger partial charge in [0, 0.05) is 30.1 Å². The zero-order chi connectivity index (χ0) is 12.0. The van der Waals surface area contributed by atoms with Crippen molar-refractivity contribution in [2.45, 2.75) is 38.0 Å². The molecule has 2 N–H and O–H groups in total. The van der Waals surface area contributed by atoms with Crippen molar-refractivity contribution in [1.82, 2.24) is 10.2 Å². The van der Waals surface area contributed by atoms with E-state index in [9.17, 15) is 5.11 Å². The number of hydrogen-bond acceptors (Lipinski definition) is 4. The zero-order valence-electron chi connectivity index (χ0n) is 10.8. The van der Waals surface area contributed by atoms with Gasteiger partial charge in [-0.2, -0.15) is 11.8 Å². The predicted molar refractivity (Wildman–Crippen MR) is 72.1 cm³/mol. The van der Waals surface area contributed by atoms with E-state index in [1.165, 1.54) is 12.2 Å². The molecule has 3 nitrogen and oxygen atoms in total. The summed E-state index contributed by atoms with van der Waals surface area (Å²) in [5.41, 5.74) is 0. The Hall–Kier alpha value is 0.230. The monoisotopic (exact) mass is 246 g/mol. The second kappa shape index (κ2) is 6.84. The first kappa shape index (κ1) is 14.3. The Morgan fingerprint density at radius 2 is 2.19 bits per heavy atom. The number of hydrogen-bond donors (Lipinski definition) is 2. The lowest BCUT2D eigenvalue weighted by Gasteiger charge is -2.24. The molecule has 0 radical (unpaired) electrons. The van der Waals surface area contributed by atoms with Crippen LogP contribution in [0.2, 0.25) is 0 Å². The minimum Gasteiger partial charge on any atom is -0.390 e. The maximum Gasteiger partial charge on any atom is 0.0791 e. The Labute approximate surface area is 104 Å². The van der Waals surface area contributed by atoms with Gasteiger partial charge in [-0.05, 0) is 19.5 Å². The van der Waals surface area contributed by atoms with E-state index in [-0.39, 0.29) is 6.10 Å². The van der Waals surface area contributed by atoms with Crippen LogP contribution in [0.5, 0.6) is 0 Å². The van der Waals surface area contributed by atoms with E-state index in [1.54, 1.807) is 0 Å². The van der Waals surface area contributed by atoms with Crippen molar-refractivity contribution in [1.29, 1.82) is 0 Å². The molecule has 0 aromatic rings. The van der Waals surface area contributed by atoms with Crippen LogP contribution in [-0.4, -0.2) is 59.3 Å². The standard InChI is InChI=1S/C12H26N2OS/c1-4-13-9-11(15)10-14-6-5-12(2,3)16-8-7-14/h11,13,15H,4-10H2,1-3H3. The summed E-state index contributed by atoms with van der Waals surface area (Å²) in [6.45, 7) is 11.4. The van der Waals surface area contributed by atoms with Crippen LogP contribution in [-0.2, 0) is 0 Å². The molecule has 4 heteroatoms. The maximum absolute atomic E-state index is 9.84. The average Bonchev–Trinajstić information content (AvgIpc) is 2.37. The van der Waals surface area contributed by atoms with Crippen LogP contribution in [0, 0.1) is 0 Å². The molecule has 1 atom stereocenters. The fraction of sp³-hybridized carbons (Fsp3) is 1.00. The number of aliphatic hydroxyl groups excluding tert-OH is 1. The first-order chi connectivity index (χ1) is 7.53. The van der Waals surface area contributed by atoms with Crippen LogP contribution < -0.4 is 5.32 Å². The summed E-state index contributed by atoms with van der Waals surface area (Å²) in [5, 5.41) is 13.0. The highest BCUT2D eigenvalue weighted by Gasteiger charge is 2.24. The van der Waals surface area contributed by atoms with Gasteiger partial charge in [0.05, 0.1) is 6.10 Å². The van der Waals surface area contributed by atoms with Crippen molar-refractivity contribution in [3.8, 4) is 0 Å². The van der Waals surface area contributed by atoms with E-state index in [1.807, 2.05) is 0 Å². The summed E-state index contributed by atoms with van der Waals surface area (Å²) in [7, 11) is 0. The second-order valence-electron chi connectivity index (χ2n) is 5.12. The first-order valence-corrected chi connectivity index (χ1v) is 7.27. The topological polar surface area (TPSA) is 35.5 Å². The van der Waals surface area contributed by atoms with Crippen molar-refractivity contribution in [2.24, 2.45) is 0 Å². The van der Waals surface area contributed by atoms with Crippen LogP contribution in [0.4, 0.5) is 0 Å². The molecule has 1 fully saturated rings. The molecule has 0 aromatic heterocycles. The van der Waals surface area contributed by atoms with Crippen LogP contribution in [0.3, 0.4) is 0 Å². The van der Waals surface area contributed by atoms with E-state index >= 15 is 0 Å². The molecule has 0 amide bonds. The minimum absolute atomic E-state index is 0.230. The van der Waals surface area contributed by atoms with Gasteiger partial charge in [0.15, 0.2) is 0 Å². The van der Waals surface area contributed by atoms with E-state index in [0.29, 0.717) is 11.3 Å². The highest BCUT2D eigenvalue weighted by atomic mass is 32.2. The molecular weight excluding hydrogens is 220 g/mol. The normalized spacial score (nSPS) is 24.0. The van der Waals surface area contributed by atoms with Crippen molar-refractivity contribution in [3.63, 3.8) is 0 Å². The molecule has 1 saturated heterocycles. The van der Waals surface area contributed by atoms with Gasteiger partial charge < -0.3 is 10.4 Å². The van der Waals surface area contributed by atoms with E-state index in [0.717, 1.165) is 26.2 Å². The summed E-state index contributed by atoms with van der Waals surface area (Å²) in [5.74, 6) is 1.18. The molecule has 1 aliphatic heterocycles. The molecule has 0 bridgehead atoms.